The van der Waals surface area contributed by atoms with Gasteiger partial charge in [-0.15, -0.1) is 11.3 Å². The van der Waals surface area contributed by atoms with Gasteiger partial charge in [0.1, 0.15) is 11.4 Å². The number of thiophene rings is 1. The van der Waals surface area contributed by atoms with Gasteiger partial charge in [0.25, 0.3) is 5.91 Å². The first-order valence-electron chi connectivity index (χ1n) is 10.2. The third kappa shape index (κ3) is 4.98. The quantitative estimate of drug-likeness (QED) is 0.437. The monoisotopic (exact) mass is 428 g/mol. The van der Waals surface area contributed by atoms with Crippen molar-refractivity contribution < 1.29 is 4.79 Å². The molecule has 0 radical (unpaired) electrons. The van der Waals surface area contributed by atoms with Crippen LogP contribution in [0.1, 0.15) is 20.8 Å². The van der Waals surface area contributed by atoms with Crippen molar-refractivity contribution in [1.82, 2.24) is 15.3 Å². The van der Waals surface area contributed by atoms with Crippen LogP contribution in [-0.2, 0) is 6.42 Å². The summed E-state index contributed by atoms with van der Waals surface area (Å²) in [5.74, 6) is 0.987. The lowest BCUT2D eigenvalue weighted by atomic mass is 10.1. The highest BCUT2D eigenvalue weighted by molar-refractivity contribution is 7.09. The zero-order valence-corrected chi connectivity index (χ0v) is 18.4. The summed E-state index contributed by atoms with van der Waals surface area (Å²) in [6, 6.07) is 22.0. The molecule has 0 aliphatic rings. The van der Waals surface area contributed by atoms with Crippen molar-refractivity contribution in [2.75, 3.05) is 18.5 Å². The summed E-state index contributed by atoms with van der Waals surface area (Å²) in [6.07, 6.45) is 2.42. The number of benzene rings is 2. The zero-order chi connectivity index (χ0) is 21.6. The number of rotatable bonds is 7. The normalized spacial score (nSPS) is 10.6. The minimum Gasteiger partial charge on any atom is -0.352 e. The van der Waals surface area contributed by atoms with E-state index in [9.17, 15) is 4.79 Å². The SMILES string of the molecule is Cc1ccc(N(C)c2nc(-c3ccccc3)ncc2C(=O)NCCc2cccs2)cc1. The number of aryl methyl sites for hydroxylation is 1. The molecule has 1 amide bonds. The fourth-order valence-electron chi connectivity index (χ4n) is 3.25. The molecule has 0 saturated carbocycles. The number of carbonyl (C=O) groups excluding carboxylic acids is 1. The van der Waals surface area contributed by atoms with Gasteiger partial charge in [0.05, 0.1) is 0 Å². The van der Waals surface area contributed by atoms with Crippen LogP contribution < -0.4 is 10.2 Å². The van der Waals surface area contributed by atoms with Gasteiger partial charge in [-0.2, -0.15) is 0 Å². The minimum absolute atomic E-state index is 0.176. The van der Waals surface area contributed by atoms with E-state index in [1.54, 1.807) is 17.5 Å². The Morgan fingerprint density at radius 2 is 1.81 bits per heavy atom. The molecule has 0 bridgehead atoms. The van der Waals surface area contributed by atoms with Crippen LogP contribution in [0.3, 0.4) is 0 Å². The van der Waals surface area contributed by atoms with Crippen LogP contribution in [0.15, 0.2) is 78.3 Å². The molecule has 0 aliphatic carbocycles. The van der Waals surface area contributed by atoms with Gasteiger partial charge in [-0.05, 0) is 36.9 Å². The third-order valence-corrected chi connectivity index (χ3v) is 5.96. The number of aromatic nitrogens is 2. The Morgan fingerprint density at radius 1 is 1.03 bits per heavy atom. The largest absolute Gasteiger partial charge is 0.352 e. The van der Waals surface area contributed by atoms with Gasteiger partial charge in [0.2, 0.25) is 0 Å². The standard InChI is InChI=1S/C25H24N4OS/c1-18-10-12-20(13-11-18)29(2)24-22(25(30)26-15-14-21-9-6-16-31-21)17-27-23(28-24)19-7-4-3-5-8-19/h3-13,16-17H,14-15H2,1-2H3,(H,26,30). The van der Waals surface area contributed by atoms with Crippen LogP contribution in [0.2, 0.25) is 0 Å². The van der Waals surface area contributed by atoms with Crippen molar-refractivity contribution in [2.24, 2.45) is 0 Å². The van der Waals surface area contributed by atoms with E-state index in [1.807, 2.05) is 78.0 Å². The van der Waals surface area contributed by atoms with Crippen LogP contribution >= 0.6 is 11.3 Å². The summed E-state index contributed by atoms with van der Waals surface area (Å²) in [5.41, 5.74) is 3.49. The molecule has 2 aromatic heterocycles. The Balaban J connectivity index is 1.64. The summed E-state index contributed by atoms with van der Waals surface area (Å²) in [6.45, 7) is 2.61. The molecule has 156 valence electrons. The van der Waals surface area contributed by atoms with Gasteiger partial charge in [-0.3, -0.25) is 4.79 Å². The number of anilines is 2. The molecule has 2 heterocycles. The minimum atomic E-state index is -0.176. The highest BCUT2D eigenvalue weighted by Gasteiger charge is 2.19. The smallest absolute Gasteiger partial charge is 0.256 e. The summed E-state index contributed by atoms with van der Waals surface area (Å²) in [4.78, 5) is 25.5. The van der Waals surface area contributed by atoms with Gasteiger partial charge in [-0.25, -0.2) is 9.97 Å². The molecule has 0 saturated heterocycles. The summed E-state index contributed by atoms with van der Waals surface area (Å²) in [5, 5.41) is 5.06. The molecule has 0 atom stereocenters. The molecule has 4 aromatic rings. The summed E-state index contributed by atoms with van der Waals surface area (Å²) < 4.78 is 0. The number of nitrogens with zero attached hydrogens (tertiary/aromatic N) is 3. The first-order valence-corrected chi connectivity index (χ1v) is 11.0. The fraction of sp³-hybridized carbons (Fsp3) is 0.160. The highest BCUT2D eigenvalue weighted by atomic mass is 32.1. The van der Waals surface area contributed by atoms with Gasteiger partial charge in [0, 0.05) is 35.9 Å². The van der Waals surface area contributed by atoms with Crippen LogP contribution in [0, 0.1) is 6.92 Å². The summed E-state index contributed by atoms with van der Waals surface area (Å²) >= 11 is 1.69. The van der Waals surface area contributed by atoms with Crippen LogP contribution in [0.4, 0.5) is 11.5 Å². The lowest BCUT2D eigenvalue weighted by Gasteiger charge is -2.22. The van der Waals surface area contributed by atoms with Gasteiger partial charge in [-0.1, -0.05) is 54.1 Å². The van der Waals surface area contributed by atoms with Gasteiger partial charge in [0.15, 0.2) is 5.82 Å². The fourth-order valence-corrected chi connectivity index (χ4v) is 3.96. The van der Waals surface area contributed by atoms with E-state index >= 15 is 0 Å². The molecule has 1 N–H and O–H groups in total. The first kappa shape index (κ1) is 20.8. The van der Waals surface area contributed by atoms with E-state index in [1.165, 1.54) is 10.4 Å². The maximum atomic E-state index is 13.0. The Kier molecular flexibility index (Phi) is 6.38. The number of nitrogens with one attached hydrogen (secondary N) is 1. The van der Waals surface area contributed by atoms with Gasteiger partial charge >= 0.3 is 0 Å². The summed E-state index contributed by atoms with van der Waals surface area (Å²) in [7, 11) is 1.92. The molecule has 31 heavy (non-hydrogen) atoms. The van der Waals surface area contributed by atoms with Crippen LogP contribution in [0.25, 0.3) is 11.4 Å². The number of amides is 1. The Bertz CT molecular complexity index is 1140. The van der Waals surface area contributed by atoms with Crippen molar-refractivity contribution in [2.45, 2.75) is 13.3 Å². The predicted octanol–water partition coefficient (Wildman–Crippen LogP) is 5.25. The Morgan fingerprint density at radius 3 is 2.52 bits per heavy atom. The lowest BCUT2D eigenvalue weighted by molar-refractivity contribution is 0.0954. The topological polar surface area (TPSA) is 58.1 Å². The van der Waals surface area contributed by atoms with E-state index in [-0.39, 0.29) is 5.91 Å². The molecule has 0 aliphatic heterocycles. The first-order chi connectivity index (χ1) is 15.1. The van der Waals surface area contributed by atoms with E-state index < -0.39 is 0 Å². The molecule has 4 rings (SSSR count). The van der Waals surface area contributed by atoms with Crippen molar-refractivity contribution in [3.63, 3.8) is 0 Å². The van der Waals surface area contributed by atoms with Gasteiger partial charge < -0.3 is 10.2 Å². The molecular formula is C25H24N4OS. The lowest BCUT2D eigenvalue weighted by Crippen LogP contribution is -2.28. The predicted molar refractivity (Wildman–Crippen MR) is 127 cm³/mol. The number of carbonyl (C=O) groups is 1. The molecule has 0 unspecified atom stereocenters. The average Bonchev–Trinajstić information content (AvgIpc) is 3.33. The maximum absolute atomic E-state index is 13.0. The maximum Gasteiger partial charge on any atom is 0.256 e. The van der Waals surface area contributed by atoms with Crippen molar-refractivity contribution in [1.29, 1.82) is 0 Å². The second-order valence-electron chi connectivity index (χ2n) is 7.28. The second-order valence-corrected chi connectivity index (χ2v) is 8.31. The van der Waals surface area contributed by atoms with E-state index in [4.69, 9.17) is 4.98 Å². The molecule has 5 nitrogen and oxygen atoms in total. The molecule has 2 aromatic carbocycles. The molecule has 0 spiro atoms. The average molecular weight is 429 g/mol. The Labute approximate surface area is 186 Å². The van der Waals surface area contributed by atoms with E-state index in [2.05, 4.69) is 23.3 Å². The zero-order valence-electron chi connectivity index (χ0n) is 17.6. The van der Waals surface area contributed by atoms with Crippen LogP contribution in [-0.4, -0.2) is 29.5 Å². The molecular weight excluding hydrogens is 404 g/mol. The second kappa shape index (κ2) is 9.53. The third-order valence-electron chi connectivity index (χ3n) is 5.02. The van der Waals surface area contributed by atoms with Crippen molar-refractivity contribution in [3.05, 3.63) is 94.3 Å². The molecule has 6 heteroatoms. The highest BCUT2D eigenvalue weighted by Crippen LogP contribution is 2.27. The number of hydrogen-bond acceptors (Lipinski definition) is 5. The van der Waals surface area contributed by atoms with Crippen molar-refractivity contribution >= 4 is 28.7 Å². The van der Waals surface area contributed by atoms with Crippen LogP contribution in [0.5, 0.6) is 0 Å². The van der Waals surface area contributed by atoms with E-state index in [0.717, 1.165) is 17.7 Å². The number of hydrogen-bond donors (Lipinski definition) is 1. The van der Waals surface area contributed by atoms with E-state index in [0.29, 0.717) is 23.8 Å². The molecule has 0 fully saturated rings. The van der Waals surface area contributed by atoms with Crippen molar-refractivity contribution in [3.8, 4) is 11.4 Å². The Hall–Kier alpha value is -3.51.